The third kappa shape index (κ3) is 3.47. The van der Waals surface area contributed by atoms with Crippen LogP contribution in [0.25, 0.3) is 0 Å². The maximum absolute atomic E-state index is 11.8. The fraction of sp³-hybridized carbons (Fsp3) is 0.909. The number of carbonyl (C=O) groups is 1. The Kier molecular flexibility index (Phi) is 4.54. The summed E-state index contributed by atoms with van der Waals surface area (Å²) < 4.78 is 5.16. The van der Waals surface area contributed by atoms with Crippen molar-refractivity contribution in [3.8, 4) is 0 Å². The third-order valence-electron chi connectivity index (χ3n) is 2.87. The van der Waals surface area contributed by atoms with Crippen LogP contribution in [-0.2, 0) is 9.53 Å². The minimum atomic E-state index is -0.791. The van der Waals surface area contributed by atoms with Gasteiger partial charge in [0.2, 0.25) is 5.91 Å². The summed E-state index contributed by atoms with van der Waals surface area (Å²) in [6.45, 7) is 5.10. The first-order chi connectivity index (χ1) is 7.08. The van der Waals surface area contributed by atoms with Crippen LogP contribution in [-0.4, -0.2) is 30.7 Å². The van der Waals surface area contributed by atoms with Gasteiger partial charge in [0.1, 0.15) is 5.54 Å². The number of nitrogens with two attached hydrogens (primary N) is 1. The molecule has 0 aromatic heterocycles. The van der Waals surface area contributed by atoms with Crippen LogP contribution < -0.4 is 11.1 Å². The Hall–Kier alpha value is -0.610. The molecule has 1 heterocycles. The molecule has 1 aliphatic heterocycles. The zero-order valence-electron chi connectivity index (χ0n) is 9.71. The van der Waals surface area contributed by atoms with E-state index in [2.05, 4.69) is 12.2 Å². The lowest BCUT2D eigenvalue weighted by Crippen LogP contribution is -2.56. The van der Waals surface area contributed by atoms with Gasteiger partial charge in [0.25, 0.3) is 0 Å². The van der Waals surface area contributed by atoms with Crippen LogP contribution in [0.15, 0.2) is 0 Å². The lowest BCUT2D eigenvalue weighted by molar-refractivity contribution is -0.127. The second-order valence-electron chi connectivity index (χ2n) is 4.48. The zero-order chi connectivity index (χ0) is 11.3. The Morgan fingerprint density at radius 1 is 1.67 bits per heavy atom. The van der Waals surface area contributed by atoms with Crippen molar-refractivity contribution < 1.29 is 9.53 Å². The monoisotopic (exact) mass is 214 g/mol. The highest BCUT2D eigenvalue weighted by atomic mass is 16.5. The number of unbranched alkanes of at least 4 members (excludes halogenated alkanes) is 1. The Bertz CT molecular complexity index is 213. The van der Waals surface area contributed by atoms with E-state index >= 15 is 0 Å². The van der Waals surface area contributed by atoms with Gasteiger partial charge in [-0.25, -0.2) is 0 Å². The lowest BCUT2D eigenvalue weighted by Gasteiger charge is -2.23. The fourth-order valence-electron chi connectivity index (χ4n) is 1.71. The molecule has 0 aliphatic carbocycles. The SMILES string of the molecule is CCCCC(C)NC(=O)C1(N)CCOC1. The van der Waals surface area contributed by atoms with E-state index in [0.29, 0.717) is 19.6 Å². The Morgan fingerprint density at radius 2 is 2.40 bits per heavy atom. The number of ether oxygens (including phenoxy) is 1. The van der Waals surface area contributed by atoms with Gasteiger partial charge in [0, 0.05) is 12.6 Å². The average Bonchev–Trinajstić information content (AvgIpc) is 2.63. The Balaban J connectivity index is 2.34. The maximum Gasteiger partial charge on any atom is 0.242 e. The number of rotatable bonds is 5. The normalized spacial score (nSPS) is 27.7. The van der Waals surface area contributed by atoms with E-state index in [1.807, 2.05) is 6.92 Å². The van der Waals surface area contributed by atoms with Crippen LogP contribution in [0.3, 0.4) is 0 Å². The van der Waals surface area contributed by atoms with Crippen LogP contribution in [0.2, 0.25) is 0 Å². The average molecular weight is 214 g/mol. The summed E-state index contributed by atoms with van der Waals surface area (Å²) in [6.07, 6.45) is 3.92. The summed E-state index contributed by atoms with van der Waals surface area (Å²) in [7, 11) is 0. The number of hydrogen-bond donors (Lipinski definition) is 2. The molecular formula is C11H22N2O2. The Labute approximate surface area is 91.5 Å². The third-order valence-corrected chi connectivity index (χ3v) is 2.87. The second kappa shape index (κ2) is 5.47. The van der Waals surface area contributed by atoms with Crippen LogP contribution >= 0.6 is 0 Å². The van der Waals surface area contributed by atoms with E-state index < -0.39 is 5.54 Å². The molecule has 1 aliphatic rings. The quantitative estimate of drug-likeness (QED) is 0.711. The van der Waals surface area contributed by atoms with Crippen molar-refractivity contribution in [3.05, 3.63) is 0 Å². The molecule has 88 valence electrons. The van der Waals surface area contributed by atoms with Gasteiger partial charge in [-0.05, 0) is 19.8 Å². The van der Waals surface area contributed by atoms with E-state index in [0.717, 1.165) is 19.3 Å². The maximum atomic E-state index is 11.8. The van der Waals surface area contributed by atoms with Crippen LogP contribution in [0.5, 0.6) is 0 Å². The summed E-state index contributed by atoms with van der Waals surface area (Å²) >= 11 is 0. The van der Waals surface area contributed by atoms with E-state index in [4.69, 9.17) is 10.5 Å². The summed E-state index contributed by atoms with van der Waals surface area (Å²) in [5.74, 6) is -0.0661. The van der Waals surface area contributed by atoms with Gasteiger partial charge >= 0.3 is 0 Å². The van der Waals surface area contributed by atoms with Crippen molar-refractivity contribution >= 4 is 5.91 Å². The first-order valence-electron chi connectivity index (χ1n) is 5.76. The van der Waals surface area contributed by atoms with E-state index in [-0.39, 0.29) is 11.9 Å². The van der Waals surface area contributed by atoms with Gasteiger partial charge < -0.3 is 15.8 Å². The molecule has 1 fully saturated rings. The molecule has 1 rings (SSSR count). The van der Waals surface area contributed by atoms with Crippen molar-refractivity contribution in [2.75, 3.05) is 13.2 Å². The van der Waals surface area contributed by atoms with Gasteiger partial charge in [-0.1, -0.05) is 19.8 Å². The molecule has 1 saturated heterocycles. The predicted octanol–water partition coefficient (Wildman–Crippen LogP) is 0.799. The predicted molar refractivity (Wildman–Crippen MR) is 59.5 cm³/mol. The van der Waals surface area contributed by atoms with E-state index in [1.54, 1.807) is 0 Å². The molecule has 0 radical (unpaired) electrons. The fourth-order valence-corrected chi connectivity index (χ4v) is 1.71. The zero-order valence-corrected chi connectivity index (χ0v) is 9.71. The molecule has 15 heavy (non-hydrogen) atoms. The van der Waals surface area contributed by atoms with Crippen LogP contribution in [0.4, 0.5) is 0 Å². The van der Waals surface area contributed by atoms with E-state index in [9.17, 15) is 4.79 Å². The first kappa shape index (κ1) is 12.5. The molecule has 3 N–H and O–H groups in total. The van der Waals surface area contributed by atoms with Gasteiger partial charge in [-0.2, -0.15) is 0 Å². The van der Waals surface area contributed by atoms with Gasteiger partial charge in [0.05, 0.1) is 6.61 Å². The highest BCUT2D eigenvalue weighted by Gasteiger charge is 2.38. The second-order valence-corrected chi connectivity index (χ2v) is 4.48. The molecule has 0 bridgehead atoms. The van der Waals surface area contributed by atoms with Crippen LogP contribution in [0, 0.1) is 0 Å². The van der Waals surface area contributed by atoms with Crippen molar-refractivity contribution in [3.63, 3.8) is 0 Å². The molecule has 0 aromatic carbocycles. The van der Waals surface area contributed by atoms with Crippen molar-refractivity contribution in [2.24, 2.45) is 5.73 Å². The summed E-state index contributed by atoms with van der Waals surface area (Å²) in [6, 6.07) is 0.207. The standard InChI is InChI=1S/C11H22N2O2/c1-3-4-5-9(2)13-10(14)11(12)6-7-15-8-11/h9H,3-8,12H2,1-2H3,(H,13,14). The largest absolute Gasteiger partial charge is 0.379 e. The number of hydrogen-bond acceptors (Lipinski definition) is 3. The van der Waals surface area contributed by atoms with Crippen molar-refractivity contribution in [1.29, 1.82) is 0 Å². The van der Waals surface area contributed by atoms with Gasteiger partial charge in [-0.3, -0.25) is 4.79 Å². The minimum absolute atomic E-state index is 0.0661. The van der Waals surface area contributed by atoms with Gasteiger partial charge in [0.15, 0.2) is 0 Å². The number of amides is 1. The van der Waals surface area contributed by atoms with Gasteiger partial charge in [-0.15, -0.1) is 0 Å². The Morgan fingerprint density at radius 3 is 2.93 bits per heavy atom. The number of carbonyl (C=O) groups excluding carboxylic acids is 1. The molecule has 0 saturated carbocycles. The van der Waals surface area contributed by atoms with Crippen LogP contribution in [0.1, 0.15) is 39.5 Å². The molecule has 1 amide bonds. The summed E-state index contributed by atoms with van der Waals surface area (Å²) in [4.78, 5) is 11.8. The summed E-state index contributed by atoms with van der Waals surface area (Å²) in [5, 5.41) is 2.95. The molecule has 0 spiro atoms. The molecule has 2 atom stereocenters. The number of nitrogens with one attached hydrogen (secondary N) is 1. The molecule has 0 aromatic rings. The highest BCUT2D eigenvalue weighted by molar-refractivity contribution is 5.86. The van der Waals surface area contributed by atoms with Crippen molar-refractivity contribution in [1.82, 2.24) is 5.32 Å². The van der Waals surface area contributed by atoms with Crippen molar-refractivity contribution in [2.45, 2.75) is 51.1 Å². The lowest BCUT2D eigenvalue weighted by atomic mass is 9.98. The molecule has 2 unspecified atom stereocenters. The molecule has 4 heteroatoms. The molecule has 4 nitrogen and oxygen atoms in total. The summed E-state index contributed by atoms with van der Waals surface area (Å²) in [5.41, 5.74) is 5.15. The highest BCUT2D eigenvalue weighted by Crippen LogP contribution is 2.16. The first-order valence-corrected chi connectivity index (χ1v) is 5.76. The minimum Gasteiger partial charge on any atom is -0.379 e. The molecular weight excluding hydrogens is 192 g/mol. The topological polar surface area (TPSA) is 64.4 Å². The smallest absolute Gasteiger partial charge is 0.242 e. The van der Waals surface area contributed by atoms with E-state index in [1.165, 1.54) is 0 Å².